The number of para-hydroxylation sites is 1. The van der Waals surface area contributed by atoms with Crippen molar-refractivity contribution in [2.24, 2.45) is 0 Å². The molecule has 0 saturated carbocycles. The van der Waals surface area contributed by atoms with Crippen LogP contribution in [0.5, 0.6) is 11.5 Å². The van der Waals surface area contributed by atoms with Crippen LogP contribution in [-0.2, 0) is 6.54 Å². The van der Waals surface area contributed by atoms with E-state index in [4.69, 9.17) is 4.74 Å². The van der Waals surface area contributed by atoms with E-state index >= 15 is 0 Å². The molecule has 0 bridgehead atoms. The Kier molecular flexibility index (Phi) is 5.07. The normalized spacial score (nSPS) is 10.6. The lowest BCUT2D eigenvalue weighted by molar-refractivity contribution is 0.434. The summed E-state index contributed by atoms with van der Waals surface area (Å²) < 4.78 is 32.4. The molecule has 4 heteroatoms. The lowest BCUT2D eigenvalue weighted by Gasteiger charge is -2.12. The van der Waals surface area contributed by atoms with Gasteiger partial charge in [0, 0.05) is 12.1 Å². The molecular formula is C16H17F2NO. The van der Waals surface area contributed by atoms with E-state index in [9.17, 15) is 8.78 Å². The Bertz CT molecular complexity index is 572. The lowest BCUT2D eigenvalue weighted by Crippen LogP contribution is -2.14. The fraction of sp³-hybridized carbons (Fsp3) is 0.250. The van der Waals surface area contributed by atoms with Gasteiger partial charge in [0.1, 0.15) is 11.6 Å². The average Bonchev–Trinajstić information content (AvgIpc) is 2.44. The third kappa shape index (κ3) is 3.78. The van der Waals surface area contributed by atoms with Crippen LogP contribution in [0.15, 0.2) is 42.5 Å². The van der Waals surface area contributed by atoms with Crippen molar-refractivity contribution in [1.29, 1.82) is 0 Å². The molecule has 0 fully saturated rings. The molecule has 0 aliphatic rings. The highest BCUT2D eigenvalue weighted by Crippen LogP contribution is 2.27. The van der Waals surface area contributed by atoms with E-state index in [1.165, 1.54) is 24.3 Å². The van der Waals surface area contributed by atoms with Crippen molar-refractivity contribution >= 4 is 0 Å². The molecule has 0 heterocycles. The summed E-state index contributed by atoms with van der Waals surface area (Å²) in [7, 11) is 0. The van der Waals surface area contributed by atoms with Crippen molar-refractivity contribution in [3.05, 3.63) is 59.7 Å². The molecule has 106 valence electrons. The van der Waals surface area contributed by atoms with Crippen LogP contribution in [0.3, 0.4) is 0 Å². The molecule has 0 aliphatic carbocycles. The van der Waals surface area contributed by atoms with E-state index in [2.05, 4.69) is 12.2 Å². The summed E-state index contributed by atoms with van der Waals surface area (Å²) in [5.41, 5.74) is 0.668. The van der Waals surface area contributed by atoms with Gasteiger partial charge in [0.25, 0.3) is 0 Å². The predicted molar refractivity (Wildman–Crippen MR) is 74.9 cm³/mol. The molecule has 0 radical (unpaired) electrons. The van der Waals surface area contributed by atoms with Crippen LogP contribution in [0.2, 0.25) is 0 Å². The maximum atomic E-state index is 13.6. The largest absolute Gasteiger partial charge is 0.454 e. The monoisotopic (exact) mass is 277 g/mol. The molecule has 0 atom stereocenters. The van der Waals surface area contributed by atoms with Crippen LogP contribution in [0.25, 0.3) is 0 Å². The zero-order chi connectivity index (χ0) is 14.4. The third-order valence-corrected chi connectivity index (χ3v) is 2.82. The second kappa shape index (κ2) is 7.01. The van der Waals surface area contributed by atoms with Crippen LogP contribution < -0.4 is 10.1 Å². The van der Waals surface area contributed by atoms with Crippen molar-refractivity contribution in [2.75, 3.05) is 6.54 Å². The Morgan fingerprint density at radius 2 is 1.85 bits per heavy atom. The van der Waals surface area contributed by atoms with Gasteiger partial charge in [-0.15, -0.1) is 0 Å². The highest BCUT2D eigenvalue weighted by Gasteiger charge is 2.09. The number of hydrogen-bond donors (Lipinski definition) is 1. The van der Waals surface area contributed by atoms with Gasteiger partial charge in [-0.25, -0.2) is 8.78 Å². The summed E-state index contributed by atoms with van der Waals surface area (Å²) in [6.45, 7) is 3.36. The maximum absolute atomic E-state index is 13.6. The predicted octanol–water partition coefficient (Wildman–Crippen LogP) is 4.26. The molecule has 0 unspecified atom stereocenters. The molecule has 0 spiro atoms. The van der Waals surface area contributed by atoms with E-state index in [1.54, 1.807) is 18.2 Å². The van der Waals surface area contributed by atoms with E-state index < -0.39 is 5.82 Å². The van der Waals surface area contributed by atoms with Gasteiger partial charge in [-0.1, -0.05) is 19.1 Å². The van der Waals surface area contributed by atoms with E-state index in [0.717, 1.165) is 13.0 Å². The summed E-state index contributed by atoms with van der Waals surface area (Å²) in [5.74, 6) is -0.181. The van der Waals surface area contributed by atoms with Gasteiger partial charge in [-0.2, -0.15) is 0 Å². The lowest BCUT2D eigenvalue weighted by atomic mass is 10.2. The standard InChI is InChI=1S/C16H17F2NO/c1-2-9-19-11-12-10-13(17)7-8-15(12)20-16-6-4-3-5-14(16)18/h3-8,10,19H,2,9,11H2,1H3. The van der Waals surface area contributed by atoms with Gasteiger partial charge in [-0.05, 0) is 43.3 Å². The fourth-order valence-corrected chi connectivity index (χ4v) is 1.83. The van der Waals surface area contributed by atoms with Crippen LogP contribution in [0.1, 0.15) is 18.9 Å². The Morgan fingerprint density at radius 1 is 1.05 bits per heavy atom. The number of halogens is 2. The summed E-state index contributed by atoms with van der Waals surface area (Å²) in [5, 5.41) is 3.18. The Labute approximate surface area is 117 Å². The third-order valence-electron chi connectivity index (χ3n) is 2.82. The first-order valence-electron chi connectivity index (χ1n) is 6.62. The minimum atomic E-state index is -0.440. The van der Waals surface area contributed by atoms with Crippen LogP contribution >= 0.6 is 0 Å². The summed E-state index contributed by atoms with van der Waals surface area (Å²) in [4.78, 5) is 0. The smallest absolute Gasteiger partial charge is 0.165 e. The van der Waals surface area contributed by atoms with Gasteiger partial charge in [0.15, 0.2) is 11.6 Å². The summed E-state index contributed by atoms with van der Waals surface area (Å²) >= 11 is 0. The number of ether oxygens (including phenoxy) is 1. The summed E-state index contributed by atoms with van der Waals surface area (Å²) in [6.07, 6.45) is 0.985. The van der Waals surface area contributed by atoms with Gasteiger partial charge >= 0.3 is 0 Å². The number of rotatable bonds is 6. The molecular weight excluding hydrogens is 260 g/mol. The van der Waals surface area contributed by atoms with Crippen molar-refractivity contribution in [3.8, 4) is 11.5 Å². The highest BCUT2D eigenvalue weighted by atomic mass is 19.1. The Hall–Kier alpha value is -1.94. The molecule has 2 aromatic rings. The molecule has 2 nitrogen and oxygen atoms in total. The van der Waals surface area contributed by atoms with E-state index in [1.807, 2.05) is 0 Å². The molecule has 2 rings (SSSR count). The molecule has 2 aromatic carbocycles. The zero-order valence-electron chi connectivity index (χ0n) is 11.3. The van der Waals surface area contributed by atoms with Crippen molar-refractivity contribution in [3.63, 3.8) is 0 Å². The first-order valence-corrected chi connectivity index (χ1v) is 6.62. The highest BCUT2D eigenvalue weighted by molar-refractivity contribution is 5.38. The molecule has 0 saturated heterocycles. The van der Waals surface area contributed by atoms with Gasteiger partial charge in [0.05, 0.1) is 0 Å². The average molecular weight is 277 g/mol. The number of benzene rings is 2. The molecule has 1 N–H and O–H groups in total. The second-order valence-corrected chi connectivity index (χ2v) is 4.46. The Balaban J connectivity index is 2.20. The van der Waals surface area contributed by atoms with Gasteiger partial charge < -0.3 is 10.1 Å². The van der Waals surface area contributed by atoms with E-state index in [0.29, 0.717) is 17.9 Å². The van der Waals surface area contributed by atoms with Gasteiger partial charge in [-0.3, -0.25) is 0 Å². The molecule has 0 aromatic heterocycles. The van der Waals surface area contributed by atoms with Crippen LogP contribution in [-0.4, -0.2) is 6.54 Å². The zero-order valence-corrected chi connectivity index (χ0v) is 11.3. The van der Waals surface area contributed by atoms with Crippen LogP contribution in [0.4, 0.5) is 8.78 Å². The topological polar surface area (TPSA) is 21.3 Å². The quantitative estimate of drug-likeness (QED) is 0.797. The first kappa shape index (κ1) is 14.5. The first-order chi connectivity index (χ1) is 9.70. The number of hydrogen-bond acceptors (Lipinski definition) is 2. The van der Waals surface area contributed by atoms with Crippen molar-refractivity contribution in [2.45, 2.75) is 19.9 Å². The fourth-order valence-electron chi connectivity index (χ4n) is 1.83. The van der Waals surface area contributed by atoms with E-state index in [-0.39, 0.29) is 11.6 Å². The maximum Gasteiger partial charge on any atom is 0.165 e. The number of nitrogens with one attached hydrogen (secondary N) is 1. The molecule has 0 aliphatic heterocycles. The summed E-state index contributed by atoms with van der Waals surface area (Å²) in [6, 6.07) is 10.4. The Morgan fingerprint density at radius 3 is 2.60 bits per heavy atom. The minimum Gasteiger partial charge on any atom is -0.454 e. The van der Waals surface area contributed by atoms with Crippen molar-refractivity contribution < 1.29 is 13.5 Å². The minimum absolute atomic E-state index is 0.135. The van der Waals surface area contributed by atoms with Crippen LogP contribution in [0, 0.1) is 11.6 Å². The van der Waals surface area contributed by atoms with Gasteiger partial charge in [0.2, 0.25) is 0 Å². The molecule has 20 heavy (non-hydrogen) atoms. The SMILES string of the molecule is CCCNCc1cc(F)ccc1Oc1ccccc1F. The van der Waals surface area contributed by atoms with Crippen molar-refractivity contribution in [1.82, 2.24) is 5.32 Å². The molecule has 0 amide bonds. The second-order valence-electron chi connectivity index (χ2n) is 4.46.